The highest BCUT2D eigenvalue weighted by Crippen LogP contribution is 2.45. The number of aromatic hydroxyl groups is 1. The third kappa shape index (κ3) is 11.7. The second-order valence-corrected chi connectivity index (χ2v) is 19.3. The molecule has 3 aromatic carbocycles. The van der Waals surface area contributed by atoms with Crippen molar-refractivity contribution in [2.24, 2.45) is 5.73 Å². The summed E-state index contributed by atoms with van der Waals surface area (Å²) in [5.41, 5.74) is 7.49. The Hall–Kier alpha value is -7.77. The van der Waals surface area contributed by atoms with Gasteiger partial charge in [-0.25, -0.2) is 8.78 Å². The standard InChI is InChI=1S/C35H35F2N7O2.C19H25N3O6.CH2O/c1-3-25-28(36)7-4-20-10-24(45)11-26(29(20)25)31-30(37)32-27(14-39-31)33(43-16-21-5-6-22(17-43)40-21)42-34(41-32)46-18-35-9-8-23(13-38)44(35)15-19(2)12-35;1-20-18(27)16(5-3-9-23)22(2)19(28)15-11-14(8-7-13(15)12-25)21-17(26)6-4-10-24;1-2/h1,4,7,10-11,14,21-23,40,45H,2,5-6,8-9,12-13,15-18,38H2;7-9,11-12,16,24H,3-6,10H2,1-2H3,(H,20,27)(H,21,26);1H2. The lowest BCUT2D eigenvalue weighted by Gasteiger charge is -2.35. The molecule has 5 atom stereocenters. The predicted molar refractivity (Wildman–Crippen MR) is 282 cm³/mol. The Kier molecular flexibility index (Phi) is 18.2. The summed E-state index contributed by atoms with van der Waals surface area (Å²) in [5, 5.41) is 29.2. The summed E-state index contributed by atoms with van der Waals surface area (Å²) in [6.45, 7) is 9.21. The first-order valence-electron chi connectivity index (χ1n) is 24.9. The molecule has 0 spiro atoms. The van der Waals surface area contributed by atoms with Crippen LogP contribution in [0.3, 0.4) is 0 Å². The number of fused-ring (bicyclic) bond motifs is 5. The summed E-state index contributed by atoms with van der Waals surface area (Å²) in [6.07, 6.45) is 13.9. The van der Waals surface area contributed by atoms with E-state index in [1.165, 1.54) is 61.5 Å². The van der Waals surface area contributed by atoms with Gasteiger partial charge in [-0.3, -0.25) is 29.1 Å². The van der Waals surface area contributed by atoms with Gasteiger partial charge in [-0.05, 0) is 86.7 Å². The van der Waals surface area contributed by atoms with E-state index in [0.717, 1.165) is 44.2 Å². The Morgan fingerprint density at radius 1 is 1.11 bits per heavy atom. The van der Waals surface area contributed by atoms with E-state index in [0.29, 0.717) is 79.6 Å². The number of aromatic nitrogens is 3. The highest BCUT2D eigenvalue weighted by atomic mass is 19.1. The second kappa shape index (κ2) is 24.7. The van der Waals surface area contributed by atoms with E-state index in [1.807, 2.05) is 6.79 Å². The number of ether oxygens (including phenoxy) is 1. The first-order valence-corrected chi connectivity index (χ1v) is 24.9. The molecular formula is C55H62F2N10O9. The fourth-order valence-corrected chi connectivity index (χ4v) is 10.9. The molecular weight excluding hydrogens is 983 g/mol. The van der Waals surface area contributed by atoms with Crippen molar-refractivity contribution in [2.75, 3.05) is 63.7 Å². The quantitative estimate of drug-likeness (QED) is 0.0427. The number of nitrogens with two attached hydrogens (primary N) is 1. The lowest BCUT2D eigenvalue weighted by Crippen LogP contribution is -2.51. The maximum atomic E-state index is 16.8. The molecule has 2 aromatic heterocycles. The molecule has 76 heavy (non-hydrogen) atoms. The van der Waals surface area contributed by atoms with Gasteiger partial charge in [-0.15, -0.1) is 6.42 Å². The molecule has 21 heteroatoms. The Bertz CT molecular complexity index is 3070. The van der Waals surface area contributed by atoms with Crippen LogP contribution in [0.5, 0.6) is 11.8 Å². The zero-order chi connectivity index (χ0) is 54.8. The van der Waals surface area contributed by atoms with E-state index in [9.17, 15) is 33.5 Å². The molecule has 0 saturated carbocycles. The number of nitrogens with one attached hydrogen (secondary N) is 3. The number of halogens is 2. The number of carbonyl (C=O) groups is 6. The lowest BCUT2D eigenvalue weighted by atomic mass is 9.94. The van der Waals surface area contributed by atoms with Gasteiger partial charge in [0, 0.05) is 106 Å². The first-order chi connectivity index (χ1) is 36.6. The number of carbonyl (C=O) groups excluding carboxylic acids is 6. The summed E-state index contributed by atoms with van der Waals surface area (Å²) in [4.78, 5) is 86.6. The van der Waals surface area contributed by atoms with Crippen molar-refractivity contribution in [2.45, 2.75) is 87.5 Å². The Morgan fingerprint density at radius 3 is 2.53 bits per heavy atom. The molecule has 400 valence electrons. The maximum absolute atomic E-state index is 16.8. The van der Waals surface area contributed by atoms with Crippen LogP contribution in [-0.4, -0.2) is 155 Å². The van der Waals surface area contributed by atoms with E-state index in [4.69, 9.17) is 31.8 Å². The van der Waals surface area contributed by atoms with Gasteiger partial charge in [0.05, 0.1) is 22.1 Å². The van der Waals surface area contributed by atoms with Gasteiger partial charge < -0.3 is 56.0 Å². The third-order valence-electron chi connectivity index (χ3n) is 14.5. The number of hydrogen-bond acceptors (Lipinski definition) is 16. The number of piperazine rings is 1. The number of likely N-dealkylation sites (N-methyl/N-ethyl adjacent to an activating group) is 2. The number of nitrogens with zero attached hydrogens (tertiary/aromatic N) is 6. The molecule has 3 amide bonds. The van der Waals surface area contributed by atoms with Gasteiger partial charge in [0.25, 0.3) is 5.91 Å². The summed E-state index contributed by atoms with van der Waals surface area (Å²) >= 11 is 0. The molecule has 4 aliphatic rings. The van der Waals surface area contributed by atoms with Gasteiger partial charge in [0.1, 0.15) is 54.3 Å². The number of pyridine rings is 1. The largest absolute Gasteiger partial charge is 0.508 e. The zero-order valence-corrected chi connectivity index (χ0v) is 42.4. The number of benzene rings is 3. The van der Waals surface area contributed by atoms with Crippen LogP contribution in [0.4, 0.5) is 20.3 Å². The number of phenols is 1. The van der Waals surface area contributed by atoms with Crippen molar-refractivity contribution < 1.29 is 52.5 Å². The molecule has 4 aliphatic heterocycles. The smallest absolute Gasteiger partial charge is 0.319 e. The molecule has 0 radical (unpaired) electrons. The van der Waals surface area contributed by atoms with Crippen LogP contribution in [0.25, 0.3) is 32.9 Å². The van der Waals surface area contributed by atoms with Gasteiger partial charge >= 0.3 is 6.01 Å². The minimum atomic E-state index is -0.884. The normalized spacial score (nSPS) is 19.8. The topological polar surface area (TPSA) is 263 Å². The molecule has 5 aromatic rings. The average molecular weight is 1050 g/mol. The molecule has 6 heterocycles. The van der Waals surface area contributed by atoms with Gasteiger partial charge in [0.15, 0.2) is 12.1 Å². The molecule has 4 fully saturated rings. The Labute approximate surface area is 438 Å². The van der Waals surface area contributed by atoms with Crippen molar-refractivity contribution in [1.29, 1.82) is 0 Å². The number of anilines is 2. The molecule has 2 bridgehead atoms. The lowest BCUT2D eigenvalue weighted by molar-refractivity contribution is -0.125. The van der Waals surface area contributed by atoms with E-state index in [1.54, 1.807) is 6.20 Å². The van der Waals surface area contributed by atoms with Crippen LogP contribution in [-0.2, 0) is 19.2 Å². The van der Waals surface area contributed by atoms with Crippen molar-refractivity contribution >= 4 is 70.3 Å². The molecule has 9 rings (SSSR count). The van der Waals surface area contributed by atoms with Crippen molar-refractivity contribution in [1.82, 2.24) is 35.4 Å². The molecule has 7 N–H and O–H groups in total. The maximum Gasteiger partial charge on any atom is 0.319 e. The van der Waals surface area contributed by atoms with E-state index < -0.39 is 29.5 Å². The summed E-state index contributed by atoms with van der Waals surface area (Å²) in [7, 11) is 2.84. The minimum absolute atomic E-state index is 0.0254. The number of rotatable bonds is 17. The number of terminal acetylenes is 1. The summed E-state index contributed by atoms with van der Waals surface area (Å²) in [5.74, 6) is 0.102. The van der Waals surface area contributed by atoms with Crippen molar-refractivity contribution in [3.8, 4) is 35.4 Å². The van der Waals surface area contributed by atoms with E-state index in [2.05, 4.69) is 48.2 Å². The van der Waals surface area contributed by atoms with E-state index >= 15 is 4.39 Å². The van der Waals surface area contributed by atoms with Crippen LogP contribution < -0.4 is 31.3 Å². The average Bonchev–Trinajstić information content (AvgIpc) is 4.08. The number of amides is 3. The summed E-state index contributed by atoms with van der Waals surface area (Å²) in [6, 6.07) is 9.85. The van der Waals surface area contributed by atoms with Gasteiger partial charge in [-0.1, -0.05) is 24.1 Å². The van der Waals surface area contributed by atoms with Crippen LogP contribution >= 0.6 is 0 Å². The second-order valence-electron chi connectivity index (χ2n) is 19.3. The van der Waals surface area contributed by atoms with Crippen LogP contribution in [0, 0.1) is 24.0 Å². The number of aliphatic hydroxyl groups excluding tert-OH is 1. The van der Waals surface area contributed by atoms with E-state index in [-0.39, 0.29) is 94.0 Å². The highest BCUT2D eigenvalue weighted by molar-refractivity contribution is 6.05. The van der Waals surface area contributed by atoms with Crippen molar-refractivity contribution in [3.05, 3.63) is 89.1 Å². The molecule has 5 unspecified atom stereocenters. The monoisotopic (exact) mass is 1040 g/mol. The van der Waals surface area contributed by atoms with Crippen molar-refractivity contribution in [3.63, 3.8) is 0 Å². The van der Waals surface area contributed by atoms with Gasteiger partial charge in [0.2, 0.25) is 11.8 Å². The minimum Gasteiger partial charge on any atom is -0.508 e. The fraction of sp³-hybridized carbons (Fsp3) is 0.400. The van der Waals surface area contributed by atoms with Crippen LogP contribution in [0.1, 0.15) is 84.1 Å². The number of aldehydes is 2. The molecule has 19 nitrogen and oxygen atoms in total. The highest BCUT2D eigenvalue weighted by Gasteiger charge is 2.51. The first kappa shape index (κ1) is 56.0. The zero-order valence-electron chi connectivity index (χ0n) is 42.4. The molecule has 4 saturated heterocycles. The Balaban J connectivity index is 0.000000242. The third-order valence-corrected chi connectivity index (χ3v) is 14.5. The number of aliphatic hydroxyl groups is 1. The SMILES string of the molecule is C#Cc1c(F)ccc2cc(O)cc(-c3ncc4c(N5CC6CCC(C5)N6)nc(OCC56CCC(CN)N5CC(=C)C6)nc4c3F)c12.C=O.CNC(=O)C(CCC=O)N(C)C(=O)c1cc(NC(=O)CCCO)ccc1C=O. The van der Waals surface area contributed by atoms with Gasteiger partial charge in [-0.2, -0.15) is 9.97 Å². The number of hydrogen-bond donors (Lipinski definition) is 6. The Morgan fingerprint density at radius 2 is 1.86 bits per heavy atom. The summed E-state index contributed by atoms with van der Waals surface area (Å²) < 4.78 is 38.1. The predicted octanol–water partition coefficient (Wildman–Crippen LogP) is 4.44. The molecule has 0 aliphatic carbocycles. The fourth-order valence-electron chi connectivity index (χ4n) is 10.9. The van der Waals surface area contributed by atoms with Crippen LogP contribution in [0.15, 0.2) is 60.8 Å². The van der Waals surface area contributed by atoms with Crippen LogP contribution in [0.2, 0.25) is 0 Å². The number of phenolic OH excluding ortho intramolecular Hbond substituents is 1.